The van der Waals surface area contributed by atoms with Crippen molar-refractivity contribution in [2.75, 3.05) is 13.7 Å². The van der Waals surface area contributed by atoms with Gasteiger partial charge in [-0.3, -0.25) is 19.7 Å². The second kappa shape index (κ2) is 13.2. The van der Waals surface area contributed by atoms with E-state index in [2.05, 4.69) is 5.32 Å². The molecule has 2 rings (SSSR count). The number of hydrogen-bond donors (Lipinski definition) is 1. The number of hydrogen-bond acceptors (Lipinski definition) is 6. The molecule has 2 aromatic rings. The van der Waals surface area contributed by atoms with Crippen LogP contribution in [0.4, 0.5) is 5.69 Å². The molecule has 0 saturated carbocycles. The molecule has 0 radical (unpaired) electrons. The van der Waals surface area contributed by atoms with E-state index in [9.17, 15) is 19.7 Å². The summed E-state index contributed by atoms with van der Waals surface area (Å²) in [5.74, 6) is -0.525. The molecule has 0 spiro atoms. The SMILES string of the molecule is CC[C@H](C(=O)N[C@@H](C)CC)N(Cc1ccc(Cl)cc1Cl)C(=O)COc1ccc([N+](=O)[O-])c(OC)c1. The molecule has 0 aliphatic rings. The minimum absolute atomic E-state index is 0.00381. The number of rotatable bonds is 12. The minimum Gasteiger partial charge on any atom is -0.490 e. The summed E-state index contributed by atoms with van der Waals surface area (Å²) in [6, 6.07) is 8.05. The van der Waals surface area contributed by atoms with Gasteiger partial charge in [-0.1, -0.05) is 43.1 Å². The molecular formula is C24H29Cl2N3O6. The van der Waals surface area contributed by atoms with E-state index in [1.807, 2.05) is 20.8 Å². The van der Waals surface area contributed by atoms with Gasteiger partial charge in [0.2, 0.25) is 11.7 Å². The maximum Gasteiger partial charge on any atom is 0.311 e. The molecule has 0 aliphatic carbocycles. The first-order chi connectivity index (χ1) is 16.6. The van der Waals surface area contributed by atoms with Crippen LogP contribution in [0.25, 0.3) is 0 Å². The minimum atomic E-state index is -0.766. The number of nitro groups is 1. The average Bonchev–Trinajstić information content (AvgIpc) is 2.83. The molecule has 0 saturated heterocycles. The van der Waals surface area contributed by atoms with Gasteiger partial charge in [-0.05, 0) is 43.5 Å². The van der Waals surface area contributed by atoms with E-state index in [0.29, 0.717) is 22.0 Å². The molecule has 2 amide bonds. The fraction of sp³-hybridized carbons (Fsp3) is 0.417. The Hall–Kier alpha value is -3.04. The number of nitro benzene ring substituents is 1. The highest BCUT2D eigenvalue weighted by Crippen LogP contribution is 2.31. The largest absolute Gasteiger partial charge is 0.490 e. The van der Waals surface area contributed by atoms with Crippen LogP contribution in [0.15, 0.2) is 36.4 Å². The third-order valence-corrected chi connectivity index (χ3v) is 6.04. The quantitative estimate of drug-likeness (QED) is 0.308. The smallest absolute Gasteiger partial charge is 0.311 e. The van der Waals surface area contributed by atoms with Gasteiger partial charge in [-0.15, -0.1) is 0 Å². The molecule has 0 heterocycles. The Labute approximate surface area is 214 Å². The van der Waals surface area contributed by atoms with Crippen LogP contribution in [-0.4, -0.2) is 47.4 Å². The lowest BCUT2D eigenvalue weighted by atomic mass is 10.1. The first-order valence-corrected chi connectivity index (χ1v) is 11.9. The first kappa shape index (κ1) is 28.2. The number of carbonyl (C=O) groups is 2. The molecule has 1 N–H and O–H groups in total. The molecule has 0 unspecified atom stereocenters. The van der Waals surface area contributed by atoms with E-state index in [1.165, 1.54) is 30.2 Å². The van der Waals surface area contributed by atoms with E-state index in [0.717, 1.165) is 6.42 Å². The normalized spacial score (nSPS) is 12.4. The Morgan fingerprint density at radius 1 is 1.14 bits per heavy atom. The summed E-state index contributed by atoms with van der Waals surface area (Å²) in [5, 5.41) is 14.9. The maximum absolute atomic E-state index is 13.3. The van der Waals surface area contributed by atoms with Gasteiger partial charge in [-0.2, -0.15) is 0 Å². The summed E-state index contributed by atoms with van der Waals surface area (Å²) < 4.78 is 10.7. The zero-order valence-corrected chi connectivity index (χ0v) is 21.6. The second-order valence-corrected chi connectivity index (χ2v) is 8.72. The van der Waals surface area contributed by atoms with Crippen LogP contribution in [-0.2, 0) is 16.1 Å². The Morgan fingerprint density at radius 2 is 1.86 bits per heavy atom. The van der Waals surface area contributed by atoms with E-state index in [1.54, 1.807) is 18.2 Å². The van der Waals surface area contributed by atoms with Gasteiger partial charge in [0.25, 0.3) is 5.91 Å². The van der Waals surface area contributed by atoms with Crippen molar-refractivity contribution in [1.82, 2.24) is 10.2 Å². The van der Waals surface area contributed by atoms with E-state index in [-0.39, 0.29) is 35.7 Å². The van der Waals surface area contributed by atoms with Gasteiger partial charge in [0.15, 0.2) is 6.61 Å². The molecule has 2 atom stereocenters. The number of carbonyl (C=O) groups excluding carboxylic acids is 2. The molecule has 0 aromatic heterocycles. The number of halogens is 2. The van der Waals surface area contributed by atoms with Crippen LogP contribution < -0.4 is 14.8 Å². The molecule has 0 fully saturated rings. The summed E-state index contributed by atoms with van der Waals surface area (Å²) in [4.78, 5) is 38.2. The van der Waals surface area contributed by atoms with Crippen LogP contribution in [0.3, 0.4) is 0 Å². The topological polar surface area (TPSA) is 111 Å². The van der Waals surface area contributed by atoms with Gasteiger partial charge in [0, 0.05) is 34.8 Å². The third-order valence-electron chi connectivity index (χ3n) is 5.45. The number of nitrogens with zero attached hydrogens (tertiary/aromatic N) is 2. The lowest BCUT2D eigenvalue weighted by molar-refractivity contribution is -0.385. The predicted molar refractivity (Wildman–Crippen MR) is 134 cm³/mol. The predicted octanol–water partition coefficient (Wildman–Crippen LogP) is 5.01. The van der Waals surface area contributed by atoms with Crippen molar-refractivity contribution in [2.45, 2.75) is 52.2 Å². The van der Waals surface area contributed by atoms with Crippen molar-refractivity contribution < 1.29 is 24.0 Å². The second-order valence-electron chi connectivity index (χ2n) is 7.88. The fourth-order valence-corrected chi connectivity index (χ4v) is 3.79. The van der Waals surface area contributed by atoms with E-state index >= 15 is 0 Å². The highest BCUT2D eigenvalue weighted by atomic mass is 35.5. The Bertz CT molecular complexity index is 1070. The van der Waals surface area contributed by atoms with Crippen LogP contribution in [0.5, 0.6) is 11.5 Å². The van der Waals surface area contributed by atoms with E-state index < -0.39 is 23.5 Å². The molecule has 0 aliphatic heterocycles. The summed E-state index contributed by atoms with van der Waals surface area (Å²) in [5.41, 5.74) is 0.397. The zero-order chi connectivity index (χ0) is 26.1. The molecule has 0 bridgehead atoms. The highest BCUT2D eigenvalue weighted by molar-refractivity contribution is 6.35. The zero-order valence-electron chi connectivity index (χ0n) is 20.0. The van der Waals surface area contributed by atoms with Gasteiger partial charge in [0.1, 0.15) is 11.8 Å². The van der Waals surface area contributed by atoms with Gasteiger partial charge >= 0.3 is 5.69 Å². The number of nitrogens with one attached hydrogen (secondary N) is 1. The van der Waals surface area contributed by atoms with Crippen molar-refractivity contribution in [2.24, 2.45) is 0 Å². The number of amides is 2. The van der Waals surface area contributed by atoms with Gasteiger partial charge in [-0.25, -0.2) is 0 Å². The van der Waals surface area contributed by atoms with Crippen molar-refractivity contribution in [3.8, 4) is 11.5 Å². The van der Waals surface area contributed by atoms with Crippen LogP contribution >= 0.6 is 23.2 Å². The summed E-state index contributed by atoms with van der Waals surface area (Å²) in [6.07, 6.45) is 1.11. The Kier molecular flexibility index (Phi) is 10.6. The fourth-order valence-electron chi connectivity index (χ4n) is 3.32. The molecule has 11 heteroatoms. The van der Waals surface area contributed by atoms with Gasteiger partial charge in [0.05, 0.1) is 12.0 Å². The number of benzene rings is 2. The highest BCUT2D eigenvalue weighted by Gasteiger charge is 2.30. The van der Waals surface area contributed by atoms with Crippen molar-refractivity contribution >= 4 is 40.7 Å². The third kappa shape index (κ3) is 7.73. The van der Waals surface area contributed by atoms with E-state index in [4.69, 9.17) is 32.7 Å². The molecule has 2 aromatic carbocycles. The molecule has 35 heavy (non-hydrogen) atoms. The summed E-state index contributed by atoms with van der Waals surface area (Å²) in [7, 11) is 1.30. The first-order valence-electron chi connectivity index (χ1n) is 11.1. The lowest BCUT2D eigenvalue weighted by Gasteiger charge is -2.31. The lowest BCUT2D eigenvalue weighted by Crippen LogP contribution is -2.51. The summed E-state index contributed by atoms with van der Waals surface area (Å²) >= 11 is 12.3. The molecular weight excluding hydrogens is 497 g/mol. The average molecular weight is 526 g/mol. The van der Waals surface area contributed by atoms with Crippen molar-refractivity contribution in [3.05, 3.63) is 62.1 Å². The van der Waals surface area contributed by atoms with Crippen LogP contribution in [0.1, 0.15) is 39.2 Å². The summed E-state index contributed by atoms with van der Waals surface area (Å²) in [6.45, 7) is 5.31. The van der Waals surface area contributed by atoms with Crippen LogP contribution in [0.2, 0.25) is 10.0 Å². The Balaban J connectivity index is 2.29. The van der Waals surface area contributed by atoms with Crippen LogP contribution in [0, 0.1) is 10.1 Å². The standard InChI is InChI=1S/C24H29Cl2N3O6/c1-5-15(3)27-24(31)20(6-2)28(13-16-7-8-17(25)11-19(16)26)23(30)14-35-18-9-10-21(29(32)33)22(12-18)34-4/h7-12,15,20H,5-6,13-14H2,1-4H3,(H,27,31)/t15-,20+/m0/s1. The molecule has 9 nitrogen and oxygen atoms in total. The number of ether oxygens (including phenoxy) is 2. The van der Waals surface area contributed by atoms with Crippen molar-refractivity contribution in [3.63, 3.8) is 0 Å². The van der Waals surface area contributed by atoms with Crippen molar-refractivity contribution in [1.29, 1.82) is 0 Å². The Morgan fingerprint density at radius 3 is 2.43 bits per heavy atom. The molecule has 190 valence electrons. The maximum atomic E-state index is 13.3. The van der Waals surface area contributed by atoms with Gasteiger partial charge < -0.3 is 19.7 Å². The monoisotopic (exact) mass is 525 g/mol. The number of methoxy groups -OCH3 is 1.